The molecule has 0 radical (unpaired) electrons. The number of likely N-dealkylation sites (tertiary alicyclic amines) is 1. The van der Waals surface area contributed by atoms with Crippen molar-refractivity contribution in [1.82, 2.24) is 10.2 Å². The molecule has 3 aliphatic rings. The quantitative estimate of drug-likeness (QED) is 0.545. The third-order valence-corrected chi connectivity index (χ3v) is 5.75. The summed E-state index contributed by atoms with van der Waals surface area (Å²) in [6.45, 7) is 3.28. The van der Waals surface area contributed by atoms with Crippen LogP contribution in [0.15, 0.2) is 35.9 Å². The van der Waals surface area contributed by atoms with Gasteiger partial charge in [0.2, 0.25) is 5.91 Å². The summed E-state index contributed by atoms with van der Waals surface area (Å²) in [5, 5.41) is 2.79. The molecule has 1 N–H and O–H groups in total. The zero-order chi connectivity index (χ0) is 17.9. The highest BCUT2D eigenvalue weighted by molar-refractivity contribution is 5.79. The highest BCUT2D eigenvalue weighted by atomic mass is 19.1. The molecule has 4 rings (SSSR count). The molecule has 2 unspecified atom stereocenters. The Morgan fingerprint density at radius 2 is 2.08 bits per heavy atom. The van der Waals surface area contributed by atoms with Gasteiger partial charge in [0, 0.05) is 32.1 Å². The van der Waals surface area contributed by atoms with Crippen LogP contribution in [0.2, 0.25) is 0 Å². The monoisotopic (exact) mass is 358 g/mol. The number of rotatable bonds is 9. The van der Waals surface area contributed by atoms with E-state index in [1.807, 2.05) is 12.1 Å². The number of hydrogen-bond acceptors (Lipinski definition) is 3. The maximum atomic E-state index is 12.0. The minimum atomic E-state index is -0.379. The third kappa shape index (κ3) is 4.09. The number of amides is 1. The molecule has 1 saturated carbocycles. The molecule has 1 amide bonds. The zero-order valence-electron chi connectivity index (χ0n) is 15.1. The Hall–Kier alpha value is -1.88. The largest absolute Gasteiger partial charge is 0.493 e. The summed E-state index contributed by atoms with van der Waals surface area (Å²) in [4.78, 5) is 14.1. The number of carbonyl (C=O) groups is 1. The Morgan fingerprint density at radius 1 is 1.27 bits per heavy atom. The SMILES string of the molecule is O=C(NCCCF)C1CN(Cc2ccc(OCC3CC=C4CC43)cc2)C1. The molecule has 140 valence electrons. The Bertz CT molecular complexity index is 667. The van der Waals surface area contributed by atoms with E-state index in [0.29, 0.717) is 18.9 Å². The summed E-state index contributed by atoms with van der Waals surface area (Å²) >= 11 is 0. The van der Waals surface area contributed by atoms with Crippen molar-refractivity contribution in [1.29, 1.82) is 0 Å². The second-order valence-electron chi connectivity index (χ2n) is 7.76. The molecule has 1 heterocycles. The minimum absolute atomic E-state index is 0.0459. The van der Waals surface area contributed by atoms with Crippen LogP contribution < -0.4 is 10.1 Å². The number of allylic oxidation sites excluding steroid dienone is 2. The van der Waals surface area contributed by atoms with Crippen molar-refractivity contribution < 1.29 is 13.9 Å². The molecule has 1 aliphatic heterocycles. The van der Waals surface area contributed by atoms with E-state index >= 15 is 0 Å². The molecule has 1 aromatic carbocycles. The van der Waals surface area contributed by atoms with E-state index in [0.717, 1.165) is 37.9 Å². The fourth-order valence-corrected chi connectivity index (χ4v) is 3.99. The number of ether oxygens (including phenoxy) is 1. The van der Waals surface area contributed by atoms with Crippen LogP contribution in [0.4, 0.5) is 4.39 Å². The van der Waals surface area contributed by atoms with Crippen LogP contribution in [0.25, 0.3) is 0 Å². The van der Waals surface area contributed by atoms with Gasteiger partial charge in [0.05, 0.1) is 19.2 Å². The Morgan fingerprint density at radius 3 is 2.73 bits per heavy atom. The summed E-state index contributed by atoms with van der Waals surface area (Å²) in [7, 11) is 0. The van der Waals surface area contributed by atoms with Gasteiger partial charge in [-0.15, -0.1) is 0 Å². The van der Waals surface area contributed by atoms with E-state index in [1.54, 1.807) is 5.57 Å². The first kappa shape index (κ1) is 17.5. The number of halogens is 1. The van der Waals surface area contributed by atoms with E-state index in [1.165, 1.54) is 18.4 Å². The van der Waals surface area contributed by atoms with Crippen LogP contribution in [0.3, 0.4) is 0 Å². The molecule has 0 aromatic heterocycles. The fraction of sp³-hybridized carbons (Fsp3) is 0.571. The Balaban J connectivity index is 1.15. The summed E-state index contributed by atoms with van der Waals surface area (Å²) in [5.74, 6) is 2.53. The molecule has 4 nitrogen and oxygen atoms in total. The zero-order valence-corrected chi connectivity index (χ0v) is 15.1. The molecule has 2 aliphatic carbocycles. The van der Waals surface area contributed by atoms with E-state index in [9.17, 15) is 9.18 Å². The highest BCUT2D eigenvalue weighted by Gasteiger charge is 2.41. The third-order valence-electron chi connectivity index (χ3n) is 5.75. The van der Waals surface area contributed by atoms with Crippen LogP contribution in [-0.4, -0.2) is 43.7 Å². The van der Waals surface area contributed by atoms with Crippen molar-refractivity contribution in [2.75, 3.05) is 32.9 Å². The normalized spacial score (nSPS) is 24.6. The predicted molar refractivity (Wildman–Crippen MR) is 98.6 cm³/mol. The van der Waals surface area contributed by atoms with Crippen LogP contribution >= 0.6 is 0 Å². The lowest BCUT2D eigenvalue weighted by atomic mass is 9.98. The second kappa shape index (κ2) is 7.78. The molecule has 1 aromatic rings. The number of hydrogen-bond donors (Lipinski definition) is 1. The molecular weight excluding hydrogens is 331 g/mol. The smallest absolute Gasteiger partial charge is 0.225 e. The average Bonchev–Trinajstić information content (AvgIpc) is 3.29. The lowest BCUT2D eigenvalue weighted by Gasteiger charge is -2.38. The maximum absolute atomic E-state index is 12.0. The highest BCUT2D eigenvalue weighted by Crippen LogP contribution is 2.50. The van der Waals surface area contributed by atoms with Crippen molar-refractivity contribution in [2.45, 2.75) is 25.8 Å². The lowest BCUT2D eigenvalue weighted by Crippen LogP contribution is -2.53. The first-order valence-electron chi connectivity index (χ1n) is 9.69. The van der Waals surface area contributed by atoms with Gasteiger partial charge in [0.1, 0.15) is 5.75 Å². The molecule has 5 heteroatoms. The summed E-state index contributed by atoms with van der Waals surface area (Å²) in [6.07, 6.45) is 5.24. The van der Waals surface area contributed by atoms with Crippen LogP contribution in [-0.2, 0) is 11.3 Å². The number of carbonyl (C=O) groups excluding carboxylic acids is 1. The van der Waals surface area contributed by atoms with Gasteiger partial charge in [-0.05, 0) is 42.9 Å². The van der Waals surface area contributed by atoms with Crippen molar-refractivity contribution in [3.63, 3.8) is 0 Å². The van der Waals surface area contributed by atoms with E-state index in [2.05, 4.69) is 28.4 Å². The van der Waals surface area contributed by atoms with Gasteiger partial charge in [-0.25, -0.2) is 0 Å². The van der Waals surface area contributed by atoms with Gasteiger partial charge in [-0.1, -0.05) is 23.8 Å². The summed E-state index contributed by atoms with van der Waals surface area (Å²) < 4.78 is 18.0. The summed E-state index contributed by atoms with van der Waals surface area (Å²) in [5.41, 5.74) is 2.87. The van der Waals surface area contributed by atoms with E-state index in [4.69, 9.17) is 4.74 Å². The van der Waals surface area contributed by atoms with E-state index in [-0.39, 0.29) is 18.5 Å². The van der Waals surface area contributed by atoms with Gasteiger partial charge in [0.15, 0.2) is 0 Å². The van der Waals surface area contributed by atoms with Crippen LogP contribution in [0.5, 0.6) is 5.75 Å². The Labute approximate surface area is 154 Å². The van der Waals surface area contributed by atoms with E-state index < -0.39 is 0 Å². The molecule has 26 heavy (non-hydrogen) atoms. The van der Waals surface area contributed by atoms with Crippen LogP contribution in [0, 0.1) is 17.8 Å². The second-order valence-corrected chi connectivity index (χ2v) is 7.76. The number of nitrogens with one attached hydrogen (secondary N) is 1. The first-order chi connectivity index (χ1) is 12.7. The molecular formula is C21H27FN2O2. The van der Waals surface area contributed by atoms with Crippen LogP contribution in [0.1, 0.15) is 24.8 Å². The van der Waals surface area contributed by atoms with Crippen molar-refractivity contribution in [3.05, 3.63) is 41.5 Å². The molecule has 1 saturated heterocycles. The van der Waals surface area contributed by atoms with Gasteiger partial charge < -0.3 is 10.1 Å². The molecule has 0 spiro atoms. The predicted octanol–water partition coefficient (Wildman–Crippen LogP) is 2.94. The number of fused-ring (bicyclic) bond motifs is 1. The topological polar surface area (TPSA) is 41.6 Å². The minimum Gasteiger partial charge on any atom is -0.493 e. The molecule has 2 fully saturated rings. The number of alkyl halides is 1. The number of benzene rings is 1. The summed E-state index contributed by atoms with van der Waals surface area (Å²) in [6, 6.07) is 8.32. The molecule has 0 bridgehead atoms. The molecule has 2 atom stereocenters. The van der Waals surface area contributed by atoms with Crippen molar-refractivity contribution in [3.8, 4) is 5.75 Å². The van der Waals surface area contributed by atoms with Crippen molar-refractivity contribution in [2.24, 2.45) is 17.8 Å². The van der Waals surface area contributed by atoms with Gasteiger partial charge in [-0.3, -0.25) is 14.1 Å². The Kier molecular flexibility index (Phi) is 5.25. The first-order valence-corrected chi connectivity index (χ1v) is 9.69. The standard InChI is InChI=1S/C21H27FN2O2/c22-8-1-9-23-21(25)18-12-24(13-18)11-15-2-6-19(7-3-15)26-14-17-5-4-16-10-20(16)17/h2-4,6-7,17-18,20H,1,5,8-14H2,(H,23,25). The fourth-order valence-electron chi connectivity index (χ4n) is 3.99. The van der Waals surface area contributed by atoms with Gasteiger partial charge in [-0.2, -0.15) is 0 Å². The van der Waals surface area contributed by atoms with Gasteiger partial charge in [0.25, 0.3) is 0 Å². The van der Waals surface area contributed by atoms with Crippen molar-refractivity contribution >= 4 is 5.91 Å². The average molecular weight is 358 g/mol. The number of nitrogens with zero attached hydrogens (tertiary/aromatic N) is 1. The van der Waals surface area contributed by atoms with Gasteiger partial charge >= 0.3 is 0 Å². The lowest BCUT2D eigenvalue weighted by molar-refractivity contribution is -0.130. The maximum Gasteiger partial charge on any atom is 0.225 e.